The molecule has 1 saturated heterocycles. The lowest BCUT2D eigenvalue weighted by Crippen LogP contribution is -2.57. The van der Waals surface area contributed by atoms with Gasteiger partial charge in [0.2, 0.25) is 5.75 Å². The Balaban J connectivity index is 1.49. The van der Waals surface area contributed by atoms with Crippen molar-refractivity contribution < 1.29 is 32.4 Å². The van der Waals surface area contributed by atoms with E-state index in [1.165, 1.54) is 11.8 Å². The monoisotopic (exact) mass is 662 g/mol. The number of carbonyl (C=O) groups is 2. The minimum Gasteiger partial charge on any atom is -0.395 e. The van der Waals surface area contributed by atoms with Gasteiger partial charge in [-0.3, -0.25) is 4.79 Å². The number of benzene rings is 2. The van der Waals surface area contributed by atoms with Gasteiger partial charge < -0.3 is 23.1 Å². The van der Waals surface area contributed by atoms with Crippen LogP contribution in [0.3, 0.4) is 0 Å². The van der Waals surface area contributed by atoms with Crippen LogP contribution in [0.25, 0.3) is 22.6 Å². The predicted molar refractivity (Wildman–Crippen MR) is 166 cm³/mol. The first-order chi connectivity index (χ1) is 21.0. The average molecular weight is 664 g/mol. The zero-order valence-corrected chi connectivity index (χ0v) is 26.6. The highest BCUT2D eigenvalue weighted by molar-refractivity contribution is 6.54. The molecule has 0 atom stereocenters. The molecule has 0 bridgehead atoms. The number of likely N-dealkylation sites (tertiary alicyclic amines) is 1. The fraction of sp³-hybridized carbons (Fsp3) is 0.355. The maximum absolute atomic E-state index is 13.1. The summed E-state index contributed by atoms with van der Waals surface area (Å²) in [4.78, 5) is 44.0. The lowest BCUT2D eigenvalue weighted by Gasteiger charge is -2.35. The second kappa shape index (κ2) is 13.2. The molecule has 0 aliphatic carbocycles. The molecule has 1 aliphatic heterocycles. The topological polar surface area (TPSA) is 116 Å². The van der Waals surface area contributed by atoms with Crippen molar-refractivity contribution in [1.29, 1.82) is 0 Å². The molecular formula is C31H31Cl3N3O7+. The van der Waals surface area contributed by atoms with E-state index in [1.807, 2.05) is 13.8 Å². The molecule has 2 amide bonds. The molecule has 44 heavy (non-hydrogen) atoms. The van der Waals surface area contributed by atoms with Crippen molar-refractivity contribution in [2.45, 2.75) is 57.3 Å². The van der Waals surface area contributed by atoms with E-state index in [-0.39, 0.29) is 28.8 Å². The van der Waals surface area contributed by atoms with Crippen LogP contribution in [0.15, 0.2) is 66.7 Å². The SMILES string of the molecule is CC(=O)[N+]1(Oc2cccc(Cl)c2-c2cc(-c3cccc(N(Cc4oc(=O)oc4C(C)C)C(=O)C(Cl)Cl)c3)on2)CCCCC1. The summed E-state index contributed by atoms with van der Waals surface area (Å²) in [6.07, 6.45) is 2.79. The number of piperidine rings is 1. The van der Waals surface area contributed by atoms with E-state index in [1.54, 1.807) is 48.5 Å². The molecule has 0 N–H and O–H groups in total. The largest absolute Gasteiger partial charge is 0.519 e. The minimum absolute atomic E-state index is 0.0845. The number of rotatable bonds is 9. The third-order valence-electron chi connectivity index (χ3n) is 7.52. The number of hydrogen-bond donors (Lipinski definition) is 0. The van der Waals surface area contributed by atoms with Crippen molar-refractivity contribution in [3.63, 3.8) is 0 Å². The number of aromatic nitrogens is 1. The third kappa shape index (κ3) is 6.58. The van der Waals surface area contributed by atoms with Gasteiger partial charge in [0, 0.05) is 36.1 Å². The lowest BCUT2D eigenvalue weighted by molar-refractivity contribution is -1.02. The number of anilines is 1. The van der Waals surface area contributed by atoms with E-state index in [4.69, 9.17) is 53.0 Å². The molecule has 0 spiro atoms. The fourth-order valence-electron chi connectivity index (χ4n) is 5.29. The number of carbonyl (C=O) groups excluding carboxylic acids is 2. The molecule has 10 nitrogen and oxygen atoms in total. The first-order valence-corrected chi connectivity index (χ1v) is 15.4. The van der Waals surface area contributed by atoms with Crippen LogP contribution in [-0.4, -0.2) is 39.5 Å². The quantitative estimate of drug-likeness (QED) is 0.133. The maximum atomic E-state index is 13.1. The van der Waals surface area contributed by atoms with Crippen molar-refractivity contribution in [1.82, 2.24) is 5.16 Å². The lowest BCUT2D eigenvalue weighted by atomic mass is 10.1. The smallest absolute Gasteiger partial charge is 0.395 e. The summed E-state index contributed by atoms with van der Waals surface area (Å²) in [7, 11) is 0. The number of hydrogen-bond acceptors (Lipinski definition) is 8. The second-order valence-electron chi connectivity index (χ2n) is 10.9. The molecule has 3 heterocycles. The van der Waals surface area contributed by atoms with Gasteiger partial charge in [0.05, 0.1) is 24.1 Å². The molecule has 2 aromatic heterocycles. The summed E-state index contributed by atoms with van der Waals surface area (Å²) in [5.41, 5.74) is 1.89. The highest BCUT2D eigenvalue weighted by Gasteiger charge is 2.40. The average Bonchev–Trinajstić information content (AvgIpc) is 3.63. The van der Waals surface area contributed by atoms with Gasteiger partial charge >= 0.3 is 11.7 Å². The Labute approximate surface area is 268 Å². The van der Waals surface area contributed by atoms with Gasteiger partial charge in [-0.1, -0.05) is 76.7 Å². The number of amides is 2. The van der Waals surface area contributed by atoms with Crippen LogP contribution < -0.4 is 15.6 Å². The van der Waals surface area contributed by atoms with E-state index < -0.39 is 16.6 Å². The molecular weight excluding hydrogens is 633 g/mol. The maximum Gasteiger partial charge on any atom is 0.519 e. The summed E-state index contributed by atoms with van der Waals surface area (Å²) in [5.74, 6) is -0.453. The predicted octanol–water partition coefficient (Wildman–Crippen LogP) is 7.51. The Kier molecular flexibility index (Phi) is 9.55. The molecule has 4 aromatic rings. The zero-order valence-electron chi connectivity index (χ0n) is 24.3. The van der Waals surface area contributed by atoms with Gasteiger partial charge in [-0.25, -0.2) is 9.59 Å². The van der Waals surface area contributed by atoms with Crippen molar-refractivity contribution >= 4 is 52.3 Å². The molecule has 1 aliphatic rings. The number of halogens is 3. The van der Waals surface area contributed by atoms with Crippen molar-refractivity contribution in [3.8, 4) is 28.3 Å². The summed E-state index contributed by atoms with van der Waals surface area (Å²) < 4.78 is 16.0. The molecule has 5 rings (SSSR count). The van der Waals surface area contributed by atoms with Gasteiger partial charge in [0.15, 0.2) is 22.1 Å². The first-order valence-electron chi connectivity index (χ1n) is 14.1. The molecule has 0 saturated carbocycles. The highest BCUT2D eigenvalue weighted by Crippen LogP contribution is 2.40. The Morgan fingerprint density at radius 1 is 1.05 bits per heavy atom. The van der Waals surface area contributed by atoms with Gasteiger partial charge in [-0.05, 0) is 30.7 Å². The van der Waals surface area contributed by atoms with Gasteiger partial charge in [0.1, 0.15) is 18.8 Å². The molecule has 0 radical (unpaired) electrons. The van der Waals surface area contributed by atoms with Crippen LogP contribution >= 0.6 is 34.8 Å². The first kappa shape index (κ1) is 31.8. The van der Waals surface area contributed by atoms with Crippen LogP contribution in [0, 0.1) is 0 Å². The van der Waals surface area contributed by atoms with E-state index in [0.717, 1.165) is 19.3 Å². The van der Waals surface area contributed by atoms with Crippen LogP contribution in [0.1, 0.15) is 57.5 Å². The molecule has 1 fully saturated rings. The number of hydroxylamine groups is 3. The van der Waals surface area contributed by atoms with Crippen molar-refractivity contribution in [2.24, 2.45) is 0 Å². The summed E-state index contributed by atoms with van der Waals surface area (Å²) in [6.45, 7) is 6.20. The van der Waals surface area contributed by atoms with Gasteiger partial charge in [0.25, 0.3) is 5.91 Å². The van der Waals surface area contributed by atoms with Crippen LogP contribution in [0.5, 0.6) is 5.75 Å². The van der Waals surface area contributed by atoms with Crippen LogP contribution in [0.4, 0.5) is 5.69 Å². The molecule has 0 unspecified atom stereocenters. The molecule has 2 aromatic carbocycles. The Bertz CT molecular complexity index is 1720. The standard InChI is InChI=1S/C31H31Cl3N3O7/c1-18(2)28-26(41-31(40)42-28)17-36(30(39)29(33)34)21-10-7-9-20(15-21)25-16-23(35-43-25)27-22(32)11-8-12-24(27)44-37(19(3)38)13-5-4-6-14-37/h7-12,15-16,18,29H,4-6,13-14,17H2,1-3H3/q+1. The zero-order chi connectivity index (χ0) is 31.6. The Morgan fingerprint density at radius 2 is 1.77 bits per heavy atom. The molecule has 232 valence electrons. The van der Waals surface area contributed by atoms with Gasteiger partial charge in [-0.2, -0.15) is 0 Å². The molecule has 13 heteroatoms. The van der Waals surface area contributed by atoms with E-state index in [2.05, 4.69) is 5.16 Å². The van der Waals surface area contributed by atoms with E-state index >= 15 is 0 Å². The number of nitrogens with zero attached hydrogens (tertiary/aromatic N) is 3. The second-order valence-corrected chi connectivity index (χ2v) is 12.4. The summed E-state index contributed by atoms with van der Waals surface area (Å²) in [6, 6.07) is 13.8. The number of alkyl halides is 2. The number of quaternary nitrogens is 1. The summed E-state index contributed by atoms with van der Waals surface area (Å²) in [5, 5.41) is 4.65. The van der Waals surface area contributed by atoms with Crippen molar-refractivity contribution in [2.75, 3.05) is 18.0 Å². The van der Waals surface area contributed by atoms with Crippen LogP contribution in [0.2, 0.25) is 5.02 Å². The minimum atomic E-state index is -1.38. The summed E-state index contributed by atoms with van der Waals surface area (Å²) >= 11 is 18.6. The van der Waals surface area contributed by atoms with Crippen LogP contribution in [-0.2, 0) is 16.1 Å². The highest BCUT2D eigenvalue weighted by atomic mass is 35.5. The van der Waals surface area contributed by atoms with Gasteiger partial charge in [-0.15, -0.1) is 0 Å². The van der Waals surface area contributed by atoms with Crippen molar-refractivity contribution in [3.05, 3.63) is 75.7 Å². The third-order valence-corrected chi connectivity index (χ3v) is 8.21. The van der Waals surface area contributed by atoms with E-state index in [9.17, 15) is 14.4 Å². The Hall–Kier alpha value is -3.57. The van der Waals surface area contributed by atoms with E-state index in [0.29, 0.717) is 57.9 Å². The Morgan fingerprint density at radius 3 is 2.45 bits per heavy atom. The fourth-order valence-corrected chi connectivity index (χ4v) is 5.79. The normalized spacial score (nSPS) is 14.6.